The van der Waals surface area contributed by atoms with Gasteiger partial charge in [0.25, 0.3) is 0 Å². The van der Waals surface area contributed by atoms with Crippen molar-refractivity contribution >= 4 is 11.3 Å². The molecule has 15 heavy (non-hydrogen) atoms. The third-order valence-electron chi connectivity index (χ3n) is 2.12. The van der Waals surface area contributed by atoms with Crippen LogP contribution in [0.3, 0.4) is 0 Å². The molecular formula is C12H14N2S. The molecule has 0 bridgehead atoms. The van der Waals surface area contributed by atoms with Crippen molar-refractivity contribution in [2.45, 2.75) is 26.2 Å². The summed E-state index contributed by atoms with van der Waals surface area (Å²) in [6.07, 6.45) is 3.59. The molecule has 2 nitrogen and oxygen atoms in total. The summed E-state index contributed by atoms with van der Waals surface area (Å²) < 4.78 is 0. The van der Waals surface area contributed by atoms with Crippen LogP contribution in [0.25, 0.3) is 11.3 Å². The van der Waals surface area contributed by atoms with Crippen molar-refractivity contribution in [2.75, 3.05) is 0 Å². The molecule has 78 valence electrons. The summed E-state index contributed by atoms with van der Waals surface area (Å²) in [6.45, 7) is 6.55. The van der Waals surface area contributed by atoms with Gasteiger partial charge in [-0.05, 0) is 12.1 Å². The molecule has 2 rings (SSSR count). The molecule has 0 saturated carbocycles. The summed E-state index contributed by atoms with van der Waals surface area (Å²) in [5, 5.41) is 3.28. The Bertz CT molecular complexity index is 440. The minimum absolute atomic E-state index is 0.135. The minimum Gasteiger partial charge on any atom is -0.265 e. The van der Waals surface area contributed by atoms with Gasteiger partial charge < -0.3 is 0 Å². The Morgan fingerprint density at radius 3 is 2.33 bits per heavy atom. The Morgan fingerprint density at radius 1 is 1.13 bits per heavy atom. The molecule has 0 amide bonds. The lowest BCUT2D eigenvalue weighted by Gasteiger charge is -2.13. The summed E-state index contributed by atoms with van der Waals surface area (Å²) in [6, 6.07) is 3.98. The van der Waals surface area contributed by atoms with Crippen molar-refractivity contribution in [1.82, 2.24) is 9.97 Å². The Morgan fingerprint density at radius 2 is 1.80 bits per heavy atom. The van der Waals surface area contributed by atoms with Crippen LogP contribution in [0.5, 0.6) is 0 Å². The highest BCUT2D eigenvalue weighted by molar-refractivity contribution is 7.10. The second-order valence-corrected chi connectivity index (χ2v) is 5.38. The van der Waals surface area contributed by atoms with E-state index in [1.807, 2.05) is 12.1 Å². The third-order valence-corrected chi connectivity index (χ3v) is 3.39. The zero-order chi connectivity index (χ0) is 10.9. The van der Waals surface area contributed by atoms with Gasteiger partial charge in [-0.2, -0.15) is 0 Å². The molecule has 0 fully saturated rings. The maximum absolute atomic E-state index is 4.64. The van der Waals surface area contributed by atoms with Gasteiger partial charge in [0.15, 0.2) is 0 Å². The van der Waals surface area contributed by atoms with Crippen LogP contribution < -0.4 is 0 Å². The second-order valence-electron chi connectivity index (χ2n) is 4.52. The van der Waals surface area contributed by atoms with Crippen LogP contribution in [-0.4, -0.2) is 9.97 Å². The van der Waals surface area contributed by atoms with Gasteiger partial charge in [-0.25, -0.2) is 4.98 Å². The van der Waals surface area contributed by atoms with Gasteiger partial charge >= 0.3 is 0 Å². The summed E-state index contributed by atoms with van der Waals surface area (Å²) in [5.41, 5.74) is 2.32. The van der Waals surface area contributed by atoms with Crippen molar-refractivity contribution in [1.29, 1.82) is 0 Å². The Labute approximate surface area is 94.0 Å². The number of thiazole rings is 1. The van der Waals surface area contributed by atoms with Gasteiger partial charge in [-0.3, -0.25) is 4.98 Å². The van der Waals surface area contributed by atoms with Crippen LogP contribution in [-0.2, 0) is 5.41 Å². The van der Waals surface area contributed by atoms with Crippen molar-refractivity contribution in [2.24, 2.45) is 0 Å². The van der Waals surface area contributed by atoms with E-state index >= 15 is 0 Å². The predicted octanol–water partition coefficient (Wildman–Crippen LogP) is 3.50. The lowest BCUT2D eigenvalue weighted by Crippen LogP contribution is -2.10. The van der Waals surface area contributed by atoms with Crippen molar-refractivity contribution in [3.05, 3.63) is 34.9 Å². The Balaban J connectivity index is 2.37. The van der Waals surface area contributed by atoms with E-state index in [0.717, 1.165) is 11.3 Å². The van der Waals surface area contributed by atoms with E-state index in [0.29, 0.717) is 0 Å². The first-order valence-corrected chi connectivity index (χ1v) is 5.82. The van der Waals surface area contributed by atoms with Crippen LogP contribution in [0.15, 0.2) is 29.9 Å². The van der Waals surface area contributed by atoms with E-state index < -0.39 is 0 Å². The van der Waals surface area contributed by atoms with Gasteiger partial charge in [0.2, 0.25) is 0 Å². The maximum atomic E-state index is 4.64. The first-order chi connectivity index (χ1) is 7.07. The quantitative estimate of drug-likeness (QED) is 0.732. The Hall–Kier alpha value is -1.22. The van der Waals surface area contributed by atoms with Crippen LogP contribution >= 0.6 is 11.3 Å². The van der Waals surface area contributed by atoms with Crippen LogP contribution in [0, 0.1) is 0 Å². The minimum atomic E-state index is 0.135. The molecule has 0 aliphatic rings. The summed E-state index contributed by atoms with van der Waals surface area (Å²) in [5.74, 6) is 0. The predicted molar refractivity (Wildman–Crippen MR) is 64.0 cm³/mol. The number of hydrogen-bond acceptors (Lipinski definition) is 3. The van der Waals surface area contributed by atoms with E-state index in [1.54, 1.807) is 23.7 Å². The molecule has 0 atom stereocenters. The topological polar surface area (TPSA) is 25.8 Å². The highest BCUT2D eigenvalue weighted by atomic mass is 32.1. The van der Waals surface area contributed by atoms with Crippen LogP contribution in [0.4, 0.5) is 0 Å². The number of nitrogens with zero attached hydrogens (tertiary/aromatic N) is 2. The molecule has 3 heteroatoms. The van der Waals surface area contributed by atoms with E-state index in [4.69, 9.17) is 0 Å². The zero-order valence-electron chi connectivity index (χ0n) is 9.19. The standard InChI is InChI=1S/C12H14N2S/c1-12(2,3)11-14-10(8-15-11)9-4-6-13-7-5-9/h4-8H,1-3H3. The molecule has 0 radical (unpaired) electrons. The molecule has 2 heterocycles. The van der Waals surface area contributed by atoms with Gasteiger partial charge in [0.1, 0.15) is 0 Å². The molecule has 0 unspecified atom stereocenters. The molecule has 2 aromatic heterocycles. The van der Waals surface area contributed by atoms with Crippen LogP contribution in [0.2, 0.25) is 0 Å². The molecule has 0 aliphatic carbocycles. The molecule has 0 spiro atoms. The van der Waals surface area contributed by atoms with Crippen molar-refractivity contribution < 1.29 is 0 Å². The van der Waals surface area contributed by atoms with Crippen molar-refractivity contribution in [3.63, 3.8) is 0 Å². The summed E-state index contributed by atoms with van der Waals surface area (Å²) in [7, 11) is 0. The lowest BCUT2D eigenvalue weighted by molar-refractivity contribution is 0.586. The fourth-order valence-electron chi connectivity index (χ4n) is 1.27. The lowest BCUT2D eigenvalue weighted by atomic mass is 9.98. The van der Waals surface area contributed by atoms with Crippen molar-refractivity contribution in [3.8, 4) is 11.3 Å². The summed E-state index contributed by atoms with van der Waals surface area (Å²) in [4.78, 5) is 8.64. The number of hydrogen-bond donors (Lipinski definition) is 0. The largest absolute Gasteiger partial charge is 0.265 e. The average Bonchev–Trinajstić information content (AvgIpc) is 2.67. The molecule has 0 aliphatic heterocycles. The first kappa shape index (κ1) is 10.3. The van der Waals surface area contributed by atoms with Gasteiger partial charge in [-0.1, -0.05) is 20.8 Å². The van der Waals surface area contributed by atoms with E-state index in [9.17, 15) is 0 Å². The van der Waals surface area contributed by atoms with Crippen LogP contribution in [0.1, 0.15) is 25.8 Å². The van der Waals surface area contributed by atoms with Gasteiger partial charge in [0.05, 0.1) is 10.7 Å². The molecular weight excluding hydrogens is 204 g/mol. The number of pyridine rings is 1. The normalized spacial score (nSPS) is 11.7. The van der Waals surface area contributed by atoms with E-state index in [-0.39, 0.29) is 5.41 Å². The third kappa shape index (κ3) is 2.23. The summed E-state index contributed by atoms with van der Waals surface area (Å²) >= 11 is 1.72. The van der Waals surface area contributed by atoms with E-state index in [2.05, 4.69) is 36.1 Å². The fourth-order valence-corrected chi connectivity index (χ4v) is 2.19. The highest BCUT2D eigenvalue weighted by Crippen LogP contribution is 2.29. The highest BCUT2D eigenvalue weighted by Gasteiger charge is 2.18. The SMILES string of the molecule is CC(C)(C)c1nc(-c2ccncc2)cs1. The Kier molecular flexibility index (Phi) is 2.57. The smallest absolute Gasteiger partial charge is 0.0986 e. The maximum Gasteiger partial charge on any atom is 0.0986 e. The molecule has 0 saturated heterocycles. The molecule has 0 N–H and O–H groups in total. The molecule has 0 aromatic carbocycles. The zero-order valence-corrected chi connectivity index (χ0v) is 10.0. The van der Waals surface area contributed by atoms with E-state index in [1.165, 1.54) is 5.01 Å². The first-order valence-electron chi connectivity index (χ1n) is 4.94. The fraction of sp³-hybridized carbons (Fsp3) is 0.333. The number of aromatic nitrogens is 2. The molecule has 2 aromatic rings. The second kappa shape index (κ2) is 3.74. The van der Waals surface area contributed by atoms with Gasteiger partial charge in [0, 0.05) is 28.8 Å². The number of rotatable bonds is 1. The van der Waals surface area contributed by atoms with Gasteiger partial charge in [-0.15, -0.1) is 11.3 Å². The average molecular weight is 218 g/mol. The monoisotopic (exact) mass is 218 g/mol.